The average Bonchev–Trinajstić information content (AvgIpc) is 3.14. The van der Waals surface area contributed by atoms with Gasteiger partial charge in [0.05, 0.1) is 19.8 Å². The summed E-state index contributed by atoms with van der Waals surface area (Å²) in [6.07, 6.45) is 0.241. The van der Waals surface area contributed by atoms with E-state index in [9.17, 15) is 9.59 Å². The summed E-state index contributed by atoms with van der Waals surface area (Å²) in [5.41, 5.74) is 5.16. The largest absolute Gasteiger partial charge is 0.460 e. The van der Waals surface area contributed by atoms with Gasteiger partial charge in [0.1, 0.15) is 13.2 Å². The van der Waals surface area contributed by atoms with E-state index in [0.717, 1.165) is 0 Å². The van der Waals surface area contributed by atoms with Crippen LogP contribution in [-0.4, -0.2) is 58.2 Å². The van der Waals surface area contributed by atoms with Crippen molar-refractivity contribution in [2.45, 2.75) is 19.3 Å². The summed E-state index contributed by atoms with van der Waals surface area (Å²) in [6.45, 7) is 7.71. The van der Waals surface area contributed by atoms with Crippen LogP contribution < -0.4 is 5.32 Å². The van der Waals surface area contributed by atoms with E-state index < -0.39 is 12.1 Å². The van der Waals surface area contributed by atoms with Gasteiger partial charge in [0.15, 0.2) is 0 Å². The Morgan fingerprint density at radius 2 is 1.42 bits per heavy atom. The fourth-order valence-electron chi connectivity index (χ4n) is 3.65. The molecular formula is C26H31NO6. The molecule has 1 N–H and O–H groups in total. The Balaban J connectivity index is 1.24. The van der Waals surface area contributed by atoms with Gasteiger partial charge in [0.25, 0.3) is 0 Å². The third-order valence-corrected chi connectivity index (χ3v) is 5.26. The minimum atomic E-state index is -0.426. The van der Waals surface area contributed by atoms with Gasteiger partial charge in [0, 0.05) is 24.6 Å². The topological polar surface area (TPSA) is 83.1 Å². The molecule has 7 nitrogen and oxygen atoms in total. The van der Waals surface area contributed by atoms with Crippen molar-refractivity contribution in [2.24, 2.45) is 0 Å². The van der Waals surface area contributed by atoms with Crippen molar-refractivity contribution in [3.63, 3.8) is 0 Å². The average molecular weight is 454 g/mol. The maximum absolute atomic E-state index is 12.1. The Morgan fingerprint density at radius 1 is 0.848 bits per heavy atom. The smallest absolute Gasteiger partial charge is 0.407 e. The molecule has 1 aliphatic carbocycles. The molecule has 2 aromatic rings. The predicted octanol–water partition coefficient (Wildman–Crippen LogP) is 4.07. The van der Waals surface area contributed by atoms with Crippen molar-refractivity contribution in [3.8, 4) is 11.1 Å². The van der Waals surface area contributed by atoms with E-state index in [1.165, 1.54) is 22.3 Å². The molecule has 0 radical (unpaired) electrons. The van der Waals surface area contributed by atoms with Gasteiger partial charge in [0.2, 0.25) is 0 Å². The van der Waals surface area contributed by atoms with Crippen LogP contribution in [0.4, 0.5) is 4.79 Å². The molecule has 0 spiro atoms. The second-order valence-corrected chi connectivity index (χ2v) is 7.75. The maximum atomic E-state index is 12.1. The summed E-state index contributed by atoms with van der Waals surface area (Å²) in [4.78, 5) is 23.3. The quantitative estimate of drug-likeness (QED) is 0.280. The standard InChI is InChI=1S/C26H31NO6/c1-19(2)25(28)32-17-16-31-15-14-30-13-7-12-27-26(29)33-18-24-22-10-5-3-8-20(22)21-9-4-6-11-23(21)24/h3-6,8-11,24H,1,7,12-18H2,2H3,(H,27,29). The maximum Gasteiger partial charge on any atom is 0.407 e. The van der Waals surface area contributed by atoms with E-state index in [4.69, 9.17) is 18.9 Å². The number of rotatable bonds is 13. The Bertz CT molecular complexity index is 912. The number of ether oxygens (including phenoxy) is 4. The second kappa shape index (κ2) is 12.8. The third-order valence-electron chi connectivity index (χ3n) is 5.26. The fraction of sp³-hybridized carbons (Fsp3) is 0.385. The lowest BCUT2D eigenvalue weighted by molar-refractivity contribution is -0.140. The van der Waals surface area contributed by atoms with Crippen LogP contribution in [0.2, 0.25) is 0 Å². The number of fused-ring (bicyclic) bond motifs is 3. The molecule has 0 unspecified atom stereocenters. The van der Waals surface area contributed by atoms with Crippen LogP contribution in [0.3, 0.4) is 0 Å². The molecule has 0 atom stereocenters. The SMILES string of the molecule is C=C(C)C(=O)OCCOCCOCCCNC(=O)OCC1c2ccccc2-c2ccccc21. The van der Waals surface area contributed by atoms with Crippen molar-refractivity contribution in [1.29, 1.82) is 0 Å². The van der Waals surface area contributed by atoms with E-state index in [-0.39, 0.29) is 12.5 Å². The van der Waals surface area contributed by atoms with Crippen molar-refractivity contribution in [2.75, 3.05) is 46.2 Å². The lowest BCUT2D eigenvalue weighted by Gasteiger charge is -2.14. The summed E-state index contributed by atoms with van der Waals surface area (Å²) in [7, 11) is 0. The summed E-state index contributed by atoms with van der Waals surface area (Å²) < 4.78 is 21.2. The number of alkyl carbamates (subject to hydrolysis) is 1. The zero-order valence-corrected chi connectivity index (χ0v) is 19.0. The minimum Gasteiger partial charge on any atom is -0.460 e. The van der Waals surface area contributed by atoms with Crippen LogP contribution in [0, 0.1) is 0 Å². The van der Waals surface area contributed by atoms with E-state index in [1.54, 1.807) is 6.92 Å². The summed E-state index contributed by atoms with van der Waals surface area (Å²) in [5.74, 6) is -0.366. The van der Waals surface area contributed by atoms with Crippen molar-refractivity contribution < 1.29 is 28.5 Å². The molecule has 33 heavy (non-hydrogen) atoms. The molecule has 1 aliphatic rings. The summed E-state index contributed by atoms with van der Waals surface area (Å²) in [6, 6.07) is 16.5. The Morgan fingerprint density at radius 3 is 2.06 bits per heavy atom. The molecule has 2 aromatic carbocycles. The number of esters is 1. The minimum absolute atomic E-state index is 0.0517. The molecule has 7 heteroatoms. The number of hydrogen-bond acceptors (Lipinski definition) is 6. The summed E-state index contributed by atoms with van der Waals surface area (Å²) in [5, 5.41) is 2.77. The van der Waals surface area contributed by atoms with E-state index in [2.05, 4.69) is 36.2 Å². The number of hydrogen-bond donors (Lipinski definition) is 1. The first-order valence-electron chi connectivity index (χ1n) is 11.1. The normalized spacial score (nSPS) is 12.0. The third kappa shape index (κ3) is 7.17. The highest BCUT2D eigenvalue weighted by molar-refractivity contribution is 5.86. The van der Waals surface area contributed by atoms with Crippen molar-refractivity contribution >= 4 is 12.1 Å². The van der Waals surface area contributed by atoms with Crippen LogP contribution in [-0.2, 0) is 23.7 Å². The molecule has 0 fully saturated rings. The van der Waals surface area contributed by atoms with Crippen LogP contribution >= 0.6 is 0 Å². The van der Waals surface area contributed by atoms with Gasteiger partial charge >= 0.3 is 12.1 Å². The monoisotopic (exact) mass is 453 g/mol. The van der Waals surface area contributed by atoms with E-state index in [0.29, 0.717) is 51.6 Å². The Labute approximate surface area is 194 Å². The molecule has 0 aromatic heterocycles. The van der Waals surface area contributed by atoms with E-state index in [1.807, 2.05) is 24.3 Å². The molecule has 0 saturated carbocycles. The van der Waals surface area contributed by atoms with Crippen LogP contribution in [0.25, 0.3) is 11.1 Å². The molecule has 0 saturated heterocycles. The second-order valence-electron chi connectivity index (χ2n) is 7.75. The van der Waals surface area contributed by atoms with Gasteiger partial charge in [-0.2, -0.15) is 0 Å². The lowest BCUT2D eigenvalue weighted by atomic mass is 9.98. The van der Waals surface area contributed by atoms with Gasteiger partial charge in [-0.1, -0.05) is 55.1 Å². The molecule has 0 aliphatic heterocycles. The van der Waals surface area contributed by atoms with Gasteiger partial charge in [-0.3, -0.25) is 0 Å². The number of benzene rings is 2. The number of carbonyl (C=O) groups excluding carboxylic acids is 2. The van der Waals surface area contributed by atoms with Crippen LogP contribution in [0.1, 0.15) is 30.4 Å². The molecule has 0 heterocycles. The van der Waals surface area contributed by atoms with Crippen LogP contribution in [0.15, 0.2) is 60.7 Å². The fourth-order valence-corrected chi connectivity index (χ4v) is 3.65. The highest BCUT2D eigenvalue weighted by atomic mass is 16.6. The van der Waals surface area contributed by atoms with Gasteiger partial charge < -0.3 is 24.3 Å². The van der Waals surface area contributed by atoms with Crippen molar-refractivity contribution in [1.82, 2.24) is 5.32 Å². The van der Waals surface area contributed by atoms with Crippen molar-refractivity contribution in [3.05, 3.63) is 71.8 Å². The highest BCUT2D eigenvalue weighted by Gasteiger charge is 2.28. The number of nitrogens with one attached hydrogen (secondary N) is 1. The zero-order chi connectivity index (χ0) is 23.5. The summed E-state index contributed by atoms with van der Waals surface area (Å²) >= 11 is 0. The number of amides is 1. The molecular weight excluding hydrogens is 422 g/mol. The van der Waals surface area contributed by atoms with Crippen LogP contribution in [0.5, 0.6) is 0 Å². The first kappa shape index (κ1) is 24.5. The zero-order valence-electron chi connectivity index (χ0n) is 19.0. The molecule has 3 rings (SSSR count). The van der Waals surface area contributed by atoms with Gasteiger partial charge in [-0.25, -0.2) is 9.59 Å². The highest BCUT2D eigenvalue weighted by Crippen LogP contribution is 2.44. The predicted molar refractivity (Wildman–Crippen MR) is 125 cm³/mol. The molecule has 176 valence electrons. The van der Waals surface area contributed by atoms with Gasteiger partial charge in [-0.15, -0.1) is 0 Å². The molecule has 0 bridgehead atoms. The lowest BCUT2D eigenvalue weighted by Crippen LogP contribution is -2.27. The Kier molecular flexibility index (Phi) is 9.47. The molecule has 1 amide bonds. The van der Waals surface area contributed by atoms with E-state index >= 15 is 0 Å². The first-order valence-corrected chi connectivity index (χ1v) is 11.1. The first-order chi connectivity index (χ1) is 16.1. The number of carbonyl (C=O) groups is 2. The van der Waals surface area contributed by atoms with Gasteiger partial charge in [-0.05, 0) is 35.6 Å². The Hall–Kier alpha value is -3.16.